The molecule has 3 aliphatic heterocycles. The number of nitrogens with zero attached hydrogens (tertiary/aromatic N) is 1. The van der Waals surface area contributed by atoms with Gasteiger partial charge in [-0.2, -0.15) is 0 Å². The summed E-state index contributed by atoms with van der Waals surface area (Å²) in [5.41, 5.74) is 9.97. The number of rotatable bonds is 5. The molecular weight excluding hydrogens is 398 g/mol. The monoisotopic (exact) mass is 425 g/mol. The molecule has 0 aromatic heterocycles. The maximum absolute atomic E-state index is 11.2. The van der Waals surface area contributed by atoms with Crippen molar-refractivity contribution in [3.8, 4) is 0 Å². The van der Waals surface area contributed by atoms with Gasteiger partial charge in [-0.1, -0.05) is 18.2 Å². The van der Waals surface area contributed by atoms with E-state index in [9.17, 15) is 20.1 Å². The van der Waals surface area contributed by atoms with E-state index in [1.165, 1.54) is 4.90 Å². The molecule has 1 spiro atoms. The summed E-state index contributed by atoms with van der Waals surface area (Å²) in [6.45, 7) is -0.344. The number of nitrogens with one attached hydrogen (secondary N) is 4. The van der Waals surface area contributed by atoms with E-state index >= 15 is 0 Å². The summed E-state index contributed by atoms with van der Waals surface area (Å²) in [7, 11) is 0. The topological polar surface area (TPSA) is 211 Å². The second-order valence-electron chi connectivity index (χ2n) is 7.78. The van der Waals surface area contributed by atoms with Crippen molar-refractivity contribution >= 4 is 12.1 Å². The van der Waals surface area contributed by atoms with Crippen LogP contribution in [-0.4, -0.2) is 87.6 Å². The van der Waals surface area contributed by atoms with Crippen molar-refractivity contribution in [2.45, 2.75) is 55.1 Å². The van der Waals surface area contributed by atoms with Crippen molar-refractivity contribution in [2.24, 2.45) is 11.5 Å². The number of carbonyl (C=O) groups is 1. The second kappa shape index (κ2) is 7.46. The lowest BCUT2D eigenvalue weighted by Crippen LogP contribution is -2.81. The first kappa shape index (κ1) is 21.0. The molecule has 4 aliphatic rings. The van der Waals surface area contributed by atoms with E-state index < -0.39 is 48.3 Å². The van der Waals surface area contributed by atoms with Gasteiger partial charge in [-0.3, -0.25) is 16.0 Å². The number of aliphatic hydroxyl groups is 3. The average Bonchev–Trinajstić information content (AvgIpc) is 3.16. The number of primary amides is 1. The van der Waals surface area contributed by atoms with Crippen LogP contribution in [0.1, 0.15) is 12.8 Å². The van der Waals surface area contributed by atoms with Crippen LogP contribution in [0.5, 0.6) is 0 Å². The summed E-state index contributed by atoms with van der Waals surface area (Å²) in [6, 6.07) is -1.55. The smallest absolute Gasteiger partial charge is 0.404 e. The van der Waals surface area contributed by atoms with Crippen LogP contribution < -0.4 is 27.4 Å². The molecule has 3 heterocycles. The zero-order valence-corrected chi connectivity index (χ0v) is 16.1. The van der Waals surface area contributed by atoms with Gasteiger partial charge in [0.1, 0.15) is 19.0 Å². The van der Waals surface area contributed by atoms with E-state index in [0.717, 1.165) is 6.42 Å². The Morgan fingerprint density at radius 3 is 2.90 bits per heavy atom. The summed E-state index contributed by atoms with van der Waals surface area (Å²) in [5, 5.41) is 50.0. The van der Waals surface area contributed by atoms with Crippen LogP contribution in [0.4, 0.5) is 4.79 Å². The highest BCUT2D eigenvalue weighted by atomic mass is 16.6. The molecule has 3 fully saturated rings. The number of carbonyl (C=O) groups excluding carboxylic acids is 1. The fourth-order valence-electron chi connectivity index (χ4n) is 4.67. The zero-order valence-electron chi connectivity index (χ0n) is 16.1. The van der Waals surface area contributed by atoms with Gasteiger partial charge in [0.2, 0.25) is 5.79 Å². The largest absolute Gasteiger partial charge is 0.447 e. The highest BCUT2D eigenvalue weighted by Gasteiger charge is 2.74. The van der Waals surface area contributed by atoms with Crippen LogP contribution in [0.15, 0.2) is 23.8 Å². The van der Waals surface area contributed by atoms with Gasteiger partial charge in [0.05, 0.1) is 18.6 Å². The first-order valence-electron chi connectivity index (χ1n) is 9.65. The van der Waals surface area contributed by atoms with Gasteiger partial charge in [-0.15, -0.1) is 0 Å². The van der Waals surface area contributed by atoms with Gasteiger partial charge in [-0.25, -0.2) is 4.79 Å². The molecule has 0 bridgehead atoms. The van der Waals surface area contributed by atoms with Crippen LogP contribution in [0, 0.1) is 5.41 Å². The molecule has 1 aliphatic carbocycles. The molecule has 3 unspecified atom stereocenters. The van der Waals surface area contributed by atoms with Gasteiger partial charge in [0.15, 0.2) is 17.9 Å². The Morgan fingerprint density at radius 2 is 2.23 bits per heavy atom. The van der Waals surface area contributed by atoms with Crippen molar-refractivity contribution in [2.75, 3.05) is 13.2 Å². The molecule has 6 atom stereocenters. The first-order chi connectivity index (χ1) is 14.2. The molecule has 0 aromatic rings. The Hall–Kier alpha value is -2.26. The van der Waals surface area contributed by atoms with Crippen molar-refractivity contribution in [1.29, 1.82) is 5.41 Å². The number of guanidine groups is 1. The van der Waals surface area contributed by atoms with E-state index in [2.05, 4.69) is 16.0 Å². The minimum atomic E-state index is -2.57. The molecule has 0 radical (unpaired) electrons. The number of aliphatic hydroxyl groups excluding tert-OH is 1. The van der Waals surface area contributed by atoms with Crippen molar-refractivity contribution in [1.82, 2.24) is 20.9 Å². The molecule has 0 aromatic carbocycles. The van der Waals surface area contributed by atoms with E-state index in [1.54, 1.807) is 12.2 Å². The fraction of sp³-hybridized carbons (Fsp3) is 0.647. The van der Waals surface area contributed by atoms with Crippen LogP contribution in [0.25, 0.3) is 0 Å². The predicted octanol–water partition coefficient (Wildman–Crippen LogP) is -3.54. The molecule has 1 amide bonds. The Bertz CT molecular complexity index is 789. The molecule has 3 saturated heterocycles. The normalized spacial score (nSPS) is 37.8. The SMILES string of the molecule is N=C1N[C@@H](COC(N)=O)C2N[C@H](N)NC23N1C[C@H](OC(O)C1=CC=CCC1)C3(O)O. The molecule has 0 saturated carbocycles. The number of hydrogen-bond acceptors (Lipinski definition) is 10. The van der Waals surface area contributed by atoms with Crippen LogP contribution >= 0.6 is 0 Å². The standard InChI is InChI=1S/C17H27N7O6/c18-13-22-11-9(7-29-15(20)26)21-14(19)24-6-10(17(27,28)16(11,24)23-13)30-12(25)8-4-2-1-3-5-8/h1-2,4,9-13,22-23,25,27-28H,3,5-7,18H2,(H2,19,21)(H2,20,26)/t9-,10-,11?,12?,13-,16?/m0/s1. The van der Waals surface area contributed by atoms with E-state index in [1.807, 2.05) is 6.08 Å². The first-order valence-corrected chi connectivity index (χ1v) is 9.65. The average molecular weight is 425 g/mol. The molecule has 13 heteroatoms. The summed E-state index contributed by atoms with van der Waals surface area (Å²) >= 11 is 0. The lowest BCUT2D eigenvalue weighted by atomic mass is 9.85. The predicted molar refractivity (Wildman–Crippen MR) is 102 cm³/mol. The molecule has 13 nitrogen and oxygen atoms in total. The molecular formula is C17H27N7O6. The Morgan fingerprint density at radius 1 is 1.47 bits per heavy atom. The Kier molecular flexibility index (Phi) is 5.22. The van der Waals surface area contributed by atoms with Crippen molar-refractivity contribution in [3.63, 3.8) is 0 Å². The zero-order chi connectivity index (χ0) is 21.7. The maximum Gasteiger partial charge on any atom is 0.404 e. The summed E-state index contributed by atoms with van der Waals surface area (Å²) in [5.74, 6) is -2.72. The highest BCUT2D eigenvalue weighted by Crippen LogP contribution is 2.44. The van der Waals surface area contributed by atoms with Crippen molar-refractivity contribution in [3.05, 3.63) is 23.8 Å². The Balaban J connectivity index is 1.62. The highest BCUT2D eigenvalue weighted by molar-refractivity contribution is 5.80. The number of hydrogen-bond donors (Lipinski definition) is 9. The van der Waals surface area contributed by atoms with Crippen molar-refractivity contribution < 1.29 is 29.6 Å². The lowest BCUT2D eigenvalue weighted by molar-refractivity contribution is -0.286. The molecule has 4 rings (SSSR count). The number of ether oxygens (including phenoxy) is 2. The lowest BCUT2D eigenvalue weighted by Gasteiger charge is -2.51. The number of nitrogens with two attached hydrogens (primary N) is 2. The summed E-state index contributed by atoms with van der Waals surface area (Å²) < 4.78 is 10.5. The van der Waals surface area contributed by atoms with E-state index in [-0.39, 0.29) is 19.1 Å². The summed E-state index contributed by atoms with van der Waals surface area (Å²) in [6.07, 6.45) is 2.33. The van der Waals surface area contributed by atoms with E-state index in [0.29, 0.717) is 12.0 Å². The quantitative estimate of drug-likeness (QED) is 0.197. The summed E-state index contributed by atoms with van der Waals surface area (Å²) in [4.78, 5) is 12.4. The second-order valence-corrected chi connectivity index (χ2v) is 7.78. The third-order valence-electron chi connectivity index (χ3n) is 6.02. The maximum atomic E-state index is 11.2. The van der Waals surface area contributed by atoms with E-state index in [4.69, 9.17) is 26.4 Å². The van der Waals surface area contributed by atoms with Crippen LogP contribution in [0.2, 0.25) is 0 Å². The van der Waals surface area contributed by atoms with Gasteiger partial charge in [0.25, 0.3) is 0 Å². The van der Waals surface area contributed by atoms with Gasteiger partial charge in [0, 0.05) is 0 Å². The number of allylic oxidation sites excluding steroid dienone is 3. The molecule has 11 N–H and O–H groups in total. The fourth-order valence-corrected chi connectivity index (χ4v) is 4.67. The third kappa shape index (κ3) is 3.15. The number of amides is 1. The van der Waals surface area contributed by atoms with Crippen LogP contribution in [0.3, 0.4) is 0 Å². The Labute approximate surface area is 172 Å². The van der Waals surface area contributed by atoms with Gasteiger partial charge < -0.3 is 46.5 Å². The van der Waals surface area contributed by atoms with Gasteiger partial charge in [-0.05, 0) is 18.4 Å². The minimum Gasteiger partial charge on any atom is -0.447 e. The third-order valence-corrected chi connectivity index (χ3v) is 6.02. The van der Waals surface area contributed by atoms with Gasteiger partial charge >= 0.3 is 6.09 Å². The minimum absolute atomic E-state index is 0.111. The molecule has 30 heavy (non-hydrogen) atoms. The van der Waals surface area contributed by atoms with Crippen LogP contribution in [-0.2, 0) is 9.47 Å². The molecule has 166 valence electrons.